The topological polar surface area (TPSA) is 71.3 Å². The number of aryl methyl sites for hydroxylation is 1. The fourth-order valence-electron chi connectivity index (χ4n) is 3.34. The average molecular weight is 382 g/mol. The summed E-state index contributed by atoms with van der Waals surface area (Å²) in [6.45, 7) is 1.57. The van der Waals surface area contributed by atoms with E-state index in [4.69, 9.17) is 4.42 Å². The van der Waals surface area contributed by atoms with E-state index in [0.29, 0.717) is 37.2 Å². The predicted molar refractivity (Wildman–Crippen MR) is 104 cm³/mol. The molecule has 0 radical (unpaired) electrons. The first-order chi connectivity index (χ1) is 13.2. The van der Waals surface area contributed by atoms with Gasteiger partial charge in [-0.2, -0.15) is 11.3 Å². The molecular weight excluding hydrogens is 360 g/mol. The first-order valence-electron chi connectivity index (χ1n) is 9.07. The van der Waals surface area contributed by atoms with Crippen molar-refractivity contribution in [1.29, 1.82) is 0 Å². The molecular formula is C20H22N4O2S. The number of nitrogens with zero attached hydrogens (tertiary/aromatic N) is 3. The second kappa shape index (κ2) is 8.02. The zero-order chi connectivity index (χ0) is 18.6. The molecule has 3 aromatic rings. The standard InChI is InChI=1S/C20H22N4O2S/c1-24-12-15-5-3-2-4-14(15)10-17(24)11-21-18(25)6-7-19-22-23-20(26-19)16-8-9-27-13-16/h2-5,8-9,13,17H,6-7,10-12H2,1H3,(H,21,25)/t17-/m0/s1. The number of hydrogen-bond donors (Lipinski definition) is 1. The zero-order valence-corrected chi connectivity index (χ0v) is 16.0. The van der Waals surface area contributed by atoms with E-state index in [1.807, 2.05) is 16.8 Å². The van der Waals surface area contributed by atoms with E-state index in [1.54, 1.807) is 11.3 Å². The van der Waals surface area contributed by atoms with Crippen LogP contribution < -0.4 is 5.32 Å². The maximum atomic E-state index is 12.2. The lowest BCUT2D eigenvalue weighted by Gasteiger charge is -2.34. The summed E-state index contributed by atoms with van der Waals surface area (Å²) in [5, 5.41) is 15.0. The molecule has 1 amide bonds. The van der Waals surface area contributed by atoms with E-state index in [-0.39, 0.29) is 5.91 Å². The van der Waals surface area contributed by atoms with Crippen LogP contribution in [0.3, 0.4) is 0 Å². The van der Waals surface area contributed by atoms with Crippen LogP contribution in [0, 0.1) is 0 Å². The number of fused-ring (bicyclic) bond motifs is 1. The van der Waals surface area contributed by atoms with Crippen molar-refractivity contribution < 1.29 is 9.21 Å². The molecule has 0 bridgehead atoms. The van der Waals surface area contributed by atoms with E-state index in [0.717, 1.165) is 18.5 Å². The molecule has 0 fully saturated rings. The Morgan fingerprint density at radius 2 is 2.15 bits per heavy atom. The first-order valence-corrected chi connectivity index (χ1v) is 10.0. The van der Waals surface area contributed by atoms with Crippen LogP contribution in [0.2, 0.25) is 0 Å². The van der Waals surface area contributed by atoms with Gasteiger partial charge in [-0.3, -0.25) is 9.69 Å². The fourth-order valence-corrected chi connectivity index (χ4v) is 3.97. The molecule has 3 heterocycles. The summed E-state index contributed by atoms with van der Waals surface area (Å²) >= 11 is 1.58. The number of benzene rings is 1. The van der Waals surface area contributed by atoms with Crippen molar-refractivity contribution in [1.82, 2.24) is 20.4 Å². The highest BCUT2D eigenvalue weighted by Gasteiger charge is 2.23. The Bertz CT molecular complexity index is 906. The molecule has 0 saturated carbocycles. The van der Waals surface area contributed by atoms with Gasteiger partial charge in [0.15, 0.2) is 0 Å². The lowest BCUT2D eigenvalue weighted by Crippen LogP contribution is -2.45. The highest BCUT2D eigenvalue weighted by molar-refractivity contribution is 7.08. The first kappa shape index (κ1) is 17.9. The number of thiophene rings is 1. The van der Waals surface area contributed by atoms with Crippen molar-refractivity contribution >= 4 is 17.2 Å². The van der Waals surface area contributed by atoms with Gasteiger partial charge in [-0.05, 0) is 36.0 Å². The Morgan fingerprint density at radius 1 is 1.30 bits per heavy atom. The number of carbonyl (C=O) groups excluding carboxylic acids is 1. The van der Waals surface area contributed by atoms with Gasteiger partial charge in [0, 0.05) is 42.9 Å². The smallest absolute Gasteiger partial charge is 0.248 e. The van der Waals surface area contributed by atoms with E-state index in [1.165, 1.54) is 11.1 Å². The third-order valence-corrected chi connectivity index (χ3v) is 5.64. The molecule has 140 valence electrons. The average Bonchev–Trinajstić information content (AvgIpc) is 3.36. The van der Waals surface area contributed by atoms with Crippen molar-refractivity contribution in [2.24, 2.45) is 0 Å². The Balaban J connectivity index is 1.25. The highest BCUT2D eigenvalue weighted by atomic mass is 32.1. The molecule has 0 saturated heterocycles. The summed E-state index contributed by atoms with van der Waals surface area (Å²) in [5.41, 5.74) is 3.67. The Kier molecular flexibility index (Phi) is 5.31. The third-order valence-electron chi connectivity index (χ3n) is 4.95. The van der Waals surface area contributed by atoms with Crippen molar-refractivity contribution in [3.63, 3.8) is 0 Å². The number of nitrogens with one attached hydrogen (secondary N) is 1. The minimum Gasteiger partial charge on any atom is -0.421 e. The Hall–Kier alpha value is -2.51. The zero-order valence-electron chi connectivity index (χ0n) is 15.2. The largest absolute Gasteiger partial charge is 0.421 e. The van der Waals surface area contributed by atoms with E-state index >= 15 is 0 Å². The van der Waals surface area contributed by atoms with Gasteiger partial charge in [0.05, 0.1) is 0 Å². The molecule has 1 N–H and O–H groups in total. The summed E-state index contributed by atoms with van der Waals surface area (Å²) in [5.74, 6) is 1.02. The maximum Gasteiger partial charge on any atom is 0.248 e. The third kappa shape index (κ3) is 4.26. The van der Waals surface area contributed by atoms with E-state index < -0.39 is 0 Å². The fraction of sp³-hybridized carbons (Fsp3) is 0.350. The lowest BCUT2D eigenvalue weighted by molar-refractivity contribution is -0.121. The van der Waals surface area contributed by atoms with Gasteiger partial charge in [-0.15, -0.1) is 10.2 Å². The molecule has 2 aromatic heterocycles. The van der Waals surface area contributed by atoms with Crippen molar-refractivity contribution in [2.75, 3.05) is 13.6 Å². The predicted octanol–water partition coefficient (Wildman–Crippen LogP) is 2.90. The minimum atomic E-state index is 0.0116. The van der Waals surface area contributed by atoms with Gasteiger partial charge in [0.2, 0.25) is 17.7 Å². The van der Waals surface area contributed by atoms with Crippen molar-refractivity contribution in [3.05, 3.63) is 58.1 Å². The monoisotopic (exact) mass is 382 g/mol. The Morgan fingerprint density at radius 3 is 2.96 bits per heavy atom. The number of rotatable bonds is 6. The van der Waals surface area contributed by atoms with Crippen molar-refractivity contribution in [2.45, 2.75) is 31.8 Å². The summed E-state index contributed by atoms with van der Waals surface area (Å²) in [6.07, 6.45) is 1.76. The van der Waals surface area contributed by atoms with Crippen LogP contribution in [0.4, 0.5) is 0 Å². The van der Waals surface area contributed by atoms with Crippen molar-refractivity contribution in [3.8, 4) is 11.5 Å². The number of amides is 1. The van der Waals surface area contributed by atoms with E-state index in [9.17, 15) is 4.79 Å². The summed E-state index contributed by atoms with van der Waals surface area (Å²) in [6, 6.07) is 10.8. The van der Waals surface area contributed by atoms with Crippen LogP contribution in [0.5, 0.6) is 0 Å². The molecule has 6 nitrogen and oxygen atoms in total. The maximum absolute atomic E-state index is 12.2. The molecule has 0 unspecified atom stereocenters. The number of likely N-dealkylation sites (N-methyl/N-ethyl adjacent to an activating group) is 1. The number of carbonyl (C=O) groups is 1. The Labute approximate surface area is 162 Å². The lowest BCUT2D eigenvalue weighted by atomic mass is 9.94. The van der Waals surface area contributed by atoms with Crippen LogP contribution in [0.1, 0.15) is 23.4 Å². The van der Waals surface area contributed by atoms with Gasteiger partial charge < -0.3 is 9.73 Å². The molecule has 1 atom stereocenters. The van der Waals surface area contributed by atoms with Crippen LogP contribution in [0.25, 0.3) is 11.5 Å². The summed E-state index contributed by atoms with van der Waals surface area (Å²) < 4.78 is 5.63. The van der Waals surface area contributed by atoms with Gasteiger partial charge in [-0.25, -0.2) is 0 Å². The molecule has 7 heteroatoms. The van der Waals surface area contributed by atoms with Gasteiger partial charge in [0.25, 0.3) is 0 Å². The second-order valence-corrected chi connectivity index (χ2v) is 7.64. The molecule has 1 aliphatic rings. The van der Waals surface area contributed by atoms with Crippen LogP contribution in [0.15, 0.2) is 45.5 Å². The summed E-state index contributed by atoms with van der Waals surface area (Å²) in [7, 11) is 2.11. The van der Waals surface area contributed by atoms with Gasteiger partial charge in [-0.1, -0.05) is 24.3 Å². The molecule has 1 aromatic carbocycles. The molecule has 27 heavy (non-hydrogen) atoms. The molecule has 4 rings (SSSR count). The normalized spacial score (nSPS) is 16.9. The van der Waals surface area contributed by atoms with Crippen LogP contribution >= 0.6 is 11.3 Å². The quantitative estimate of drug-likeness (QED) is 0.710. The SMILES string of the molecule is CN1Cc2ccccc2C[C@H]1CNC(=O)CCc1nnc(-c2ccsc2)o1. The number of hydrogen-bond acceptors (Lipinski definition) is 6. The van der Waals surface area contributed by atoms with Crippen LogP contribution in [-0.4, -0.2) is 40.6 Å². The summed E-state index contributed by atoms with van der Waals surface area (Å²) in [4.78, 5) is 14.5. The number of aromatic nitrogens is 2. The molecule has 0 aliphatic carbocycles. The van der Waals surface area contributed by atoms with Gasteiger partial charge in [0.1, 0.15) is 0 Å². The van der Waals surface area contributed by atoms with Gasteiger partial charge >= 0.3 is 0 Å². The molecule has 1 aliphatic heterocycles. The second-order valence-electron chi connectivity index (χ2n) is 6.86. The van der Waals surface area contributed by atoms with Crippen LogP contribution in [-0.2, 0) is 24.2 Å². The molecule has 0 spiro atoms. The van der Waals surface area contributed by atoms with E-state index in [2.05, 4.69) is 51.7 Å². The minimum absolute atomic E-state index is 0.0116. The highest BCUT2D eigenvalue weighted by Crippen LogP contribution is 2.22.